The lowest BCUT2D eigenvalue weighted by Crippen LogP contribution is -2.43. The van der Waals surface area contributed by atoms with Crippen LogP contribution in [-0.4, -0.2) is 44.2 Å². The molecule has 2 heterocycles. The van der Waals surface area contributed by atoms with Crippen LogP contribution in [0.15, 0.2) is 59.5 Å². The van der Waals surface area contributed by atoms with Crippen LogP contribution in [0.2, 0.25) is 0 Å². The number of amides is 2. The molecule has 0 spiro atoms. The molecule has 2 aliphatic rings. The summed E-state index contributed by atoms with van der Waals surface area (Å²) in [5, 5.41) is 2.90. The van der Waals surface area contributed by atoms with Gasteiger partial charge in [0.25, 0.3) is 0 Å². The van der Waals surface area contributed by atoms with Gasteiger partial charge in [0.05, 0.1) is 10.8 Å². The summed E-state index contributed by atoms with van der Waals surface area (Å²) in [4.78, 5) is 26.8. The summed E-state index contributed by atoms with van der Waals surface area (Å²) in [6.07, 6.45) is 2.65. The molecule has 0 radical (unpaired) electrons. The lowest BCUT2D eigenvalue weighted by atomic mass is 9.98. The fourth-order valence-corrected chi connectivity index (χ4v) is 5.58. The van der Waals surface area contributed by atoms with E-state index in [0.29, 0.717) is 38.0 Å². The Morgan fingerprint density at radius 2 is 1.80 bits per heavy atom. The Bertz CT molecular complexity index is 1040. The fraction of sp³-hybridized carbons (Fsp3) is 0.364. The highest BCUT2D eigenvalue weighted by molar-refractivity contribution is 7.89. The summed E-state index contributed by atoms with van der Waals surface area (Å²) in [7, 11) is -3.62. The minimum absolute atomic E-state index is 0.0903. The van der Waals surface area contributed by atoms with Crippen LogP contribution in [0.5, 0.6) is 0 Å². The Kier molecular flexibility index (Phi) is 5.87. The first kappa shape index (κ1) is 20.6. The summed E-state index contributed by atoms with van der Waals surface area (Å²) >= 11 is 0. The first-order valence-electron chi connectivity index (χ1n) is 10.2. The number of piperidine rings is 1. The summed E-state index contributed by atoms with van der Waals surface area (Å²) in [5.74, 6) is -0.533. The van der Waals surface area contributed by atoms with Crippen LogP contribution in [0.1, 0.15) is 25.7 Å². The van der Waals surface area contributed by atoms with Crippen molar-refractivity contribution < 1.29 is 18.0 Å². The zero-order valence-corrected chi connectivity index (χ0v) is 17.5. The van der Waals surface area contributed by atoms with Gasteiger partial charge >= 0.3 is 0 Å². The van der Waals surface area contributed by atoms with Gasteiger partial charge in [0, 0.05) is 37.4 Å². The van der Waals surface area contributed by atoms with Crippen molar-refractivity contribution in [1.29, 1.82) is 0 Å². The predicted octanol–water partition coefficient (Wildman–Crippen LogP) is 2.85. The highest BCUT2D eigenvalue weighted by Gasteiger charge is 2.33. The standard InChI is InChI=1S/C22H25N3O4S/c26-21-12-6-14-25(21)19-9-4-8-18(15-19)23-22(27)17-7-5-13-24(16-17)30(28,29)20-10-2-1-3-11-20/h1-4,8-11,15,17H,5-7,12-14,16H2,(H,23,27)/t17-/m0/s1. The van der Waals surface area contributed by atoms with Crippen LogP contribution in [0.4, 0.5) is 11.4 Å². The normalized spacial score (nSPS) is 20.3. The van der Waals surface area contributed by atoms with Gasteiger partial charge in [-0.3, -0.25) is 9.59 Å². The number of anilines is 2. The third-order valence-corrected chi connectivity index (χ3v) is 7.51. The van der Waals surface area contributed by atoms with Crippen molar-refractivity contribution in [2.24, 2.45) is 5.92 Å². The van der Waals surface area contributed by atoms with Crippen molar-refractivity contribution in [3.05, 3.63) is 54.6 Å². The van der Waals surface area contributed by atoms with E-state index in [-0.39, 0.29) is 23.3 Å². The molecule has 30 heavy (non-hydrogen) atoms. The Balaban J connectivity index is 1.45. The third kappa shape index (κ3) is 4.24. The zero-order chi connectivity index (χ0) is 21.1. The van der Waals surface area contributed by atoms with E-state index in [1.54, 1.807) is 47.4 Å². The average Bonchev–Trinajstić information content (AvgIpc) is 3.20. The second-order valence-electron chi connectivity index (χ2n) is 7.70. The van der Waals surface area contributed by atoms with Crippen LogP contribution in [0, 0.1) is 5.92 Å². The van der Waals surface area contributed by atoms with E-state index in [4.69, 9.17) is 0 Å². The highest BCUT2D eigenvalue weighted by Crippen LogP contribution is 2.27. The summed E-state index contributed by atoms with van der Waals surface area (Å²) < 4.78 is 27.2. The molecule has 0 bridgehead atoms. The van der Waals surface area contributed by atoms with Crippen LogP contribution in [0.3, 0.4) is 0 Å². The van der Waals surface area contributed by atoms with Crippen molar-refractivity contribution in [2.75, 3.05) is 29.9 Å². The van der Waals surface area contributed by atoms with Crippen molar-refractivity contribution in [1.82, 2.24) is 4.31 Å². The van der Waals surface area contributed by atoms with E-state index in [0.717, 1.165) is 12.1 Å². The predicted molar refractivity (Wildman–Crippen MR) is 115 cm³/mol. The molecule has 0 aliphatic carbocycles. The quantitative estimate of drug-likeness (QED) is 0.795. The third-order valence-electron chi connectivity index (χ3n) is 5.63. The van der Waals surface area contributed by atoms with Gasteiger partial charge in [0.2, 0.25) is 21.8 Å². The van der Waals surface area contributed by atoms with E-state index < -0.39 is 15.9 Å². The Morgan fingerprint density at radius 1 is 1.00 bits per heavy atom. The maximum atomic E-state index is 12.9. The molecule has 4 rings (SSSR count). The van der Waals surface area contributed by atoms with Gasteiger partial charge in [-0.15, -0.1) is 0 Å². The molecule has 0 saturated carbocycles. The van der Waals surface area contributed by atoms with Crippen LogP contribution in [-0.2, 0) is 19.6 Å². The van der Waals surface area contributed by atoms with Gasteiger partial charge in [-0.2, -0.15) is 4.31 Å². The molecule has 2 aliphatic heterocycles. The Hall–Kier alpha value is -2.71. The fourth-order valence-electron chi connectivity index (χ4n) is 4.03. The van der Waals surface area contributed by atoms with E-state index in [2.05, 4.69) is 5.32 Å². The van der Waals surface area contributed by atoms with E-state index >= 15 is 0 Å². The molecule has 0 unspecified atom stereocenters. The summed E-state index contributed by atoms with van der Waals surface area (Å²) in [5.41, 5.74) is 1.38. The summed E-state index contributed by atoms with van der Waals surface area (Å²) in [6, 6.07) is 15.5. The number of nitrogens with zero attached hydrogens (tertiary/aromatic N) is 2. The van der Waals surface area contributed by atoms with Crippen molar-refractivity contribution in [3.8, 4) is 0 Å². The minimum Gasteiger partial charge on any atom is -0.326 e. The molecule has 8 heteroatoms. The molecule has 7 nitrogen and oxygen atoms in total. The second-order valence-corrected chi connectivity index (χ2v) is 9.64. The Labute approximate surface area is 176 Å². The lowest BCUT2D eigenvalue weighted by molar-refractivity contribution is -0.121. The first-order chi connectivity index (χ1) is 14.4. The largest absolute Gasteiger partial charge is 0.326 e. The molecule has 2 aromatic carbocycles. The number of sulfonamides is 1. The van der Waals surface area contributed by atoms with Crippen LogP contribution < -0.4 is 10.2 Å². The molecular weight excluding hydrogens is 402 g/mol. The number of hydrogen-bond donors (Lipinski definition) is 1. The number of carbonyl (C=O) groups is 2. The first-order valence-corrected chi connectivity index (χ1v) is 11.7. The molecule has 2 saturated heterocycles. The monoisotopic (exact) mass is 427 g/mol. The number of rotatable bonds is 5. The number of carbonyl (C=O) groups excluding carboxylic acids is 2. The molecule has 2 aromatic rings. The minimum atomic E-state index is -3.62. The van der Waals surface area contributed by atoms with Crippen LogP contribution in [0.25, 0.3) is 0 Å². The smallest absolute Gasteiger partial charge is 0.243 e. The number of benzene rings is 2. The van der Waals surface area contributed by atoms with E-state index in [9.17, 15) is 18.0 Å². The van der Waals surface area contributed by atoms with Crippen molar-refractivity contribution in [3.63, 3.8) is 0 Å². The van der Waals surface area contributed by atoms with E-state index in [1.807, 2.05) is 12.1 Å². The molecule has 0 aromatic heterocycles. The highest BCUT2D eigenvalue weighted by atomic mass is 32.2. The van der Waals surface area contributed by atoms with Gasteiger partial charge in [0.15, 0.2) is 0 Å². The van der Waals surface area contributed by atoms with E-state index in [1.165, 1.54) is 4.31 Å². The lowest BCUT2D eigenvalue weighted by Gasteiger charge is -2.31. The molecule has 2 amide bonds. The van der Waals surface area contributed by atoms with Gasteiger partial charge in [-0.25, -0.2) is 8.42 Å². The zero-order valence-electron chi connectivity index (χ0n) is 16.7. The van der Waals surface area contributed by atoms with Gasteiger partial charge in [0.1, 0.15) is 0 Å². The van der Waals surface area contributed by atoms with Crippen LogP contribution >= 0.6 is 0 Å². The molecule has 1 atom stereocenters. The molecular formula is C22H25N3O4S. The molecule has 1 N–H and O–H groups in total. The molecule has 2 fully saturated rings. The maximum absolute atomic E-state index is 12.9. The SMILES string of the molecule is O=C(Nc1cccc(N2CCCC2=O)c1)[C@H]1CCCN(S(=O)(=O)c2ccccc2)C1. The topological polar surface area (TPSA) is 86.8 Å². The van der Waals surface area contributed by atoms with Gasteiger partial charge in [-0.1, -0.05) is 24.3 Å². The molecule has 158 valence electrons. The second kappa shape index (κ2) is 8.57. The summed E-state index contributed by atoms with van der Waals surface area (Å²) in [6.45, 7) is 1.26. The van der Waals surface area contributed by atoms with Gasteiger partial charge < -0.3 is 10.2 Å². The number of hydrogen-bond acceptors (Lipinski definition) is 4. The average molecular weight is 428 g/mol. The van der Waals surface area contributed by atoms with Gasteiger partial charge in [-0.05, 0) is 49.6 Å². The Morgan fingerprint density at radius 3 is 2.53 bits per heavy atom. The van der Waals surface area contributed by atoms with Crippen molar-refractivity contribution >= 4 is 33.2 Å². The van der Waals surface area contributed by atoms with Crippen molar-refractivity contribution in [2.45, 2.75) is 30.6 Å². The maximum Gasteiger partial charge on any atom is 0.243 e. The number of nitrogens with one attached hydrogen (secondary N) is 1.